The molecule has 1 aliphatic heterocycles. The number of carbonyl (C=O) groups is 2. The third-order valence-electron chi connectivity index (χ3n) is 4.42. The molecule has 0 aromatic heterocycles. The van der Waals surface area contributed by atoms with Crippen molar-refractivity contribution < 1.29 is 9.59 Å². The van der Waals surface area contributed by atoms with E-state index in [0.29, 0.717) is 24.7 Å². The van der Waals surface area contributed by atoms with Gasteiger partial charge in [-0.2, -0.15) is 0 Å². The van der Waals surface area contributed by atoms with Crippen LogP contribution in [-0.2, 0) is 9.59 Å². The standard InChI is InChI=1S/C18H27N3O2/c1-3-17(22)20-15-6-8-16(9-7-15)21-18(23)11-13(2)14-5-4-10-19-12-14/h6-9,13-14,19H,3-5,10-12H2,1-2H3,(H,20,22)(H,21,23). The van der Waals surface area contributed by atoms with E-state index >= 15 is 0 Å². The van der Waals surface area contributed by atoms with Crippen molar-refractivity contribution in [1.29, 1.82) is 0 Å². The highest BCUT2D eigenvalue weighted by molar-refractivity contribution is 5.92. The van der Waals surface area contributed by atoms with Crippen LogP contribution in [0.5, 0.6) is 0 Å². The number of nitrogens with one attached hydrogen (secondary N) is 3. The lowest BCUT2D eigenvalue weighted by Gasteiger charge is -2.28. The van der Waals surface area contributed by atoms with Gasteiger partial charge in [-0.1, -0.05) is 13.8 Å². The van der Waals surface area contributed by atoms with Gasteiger partial charge in [0.2, 0.25) is 11.8 Å². The smallest absolute Gasteiger partial charge is 0.224 e. The number of benzene rings is 1. The average Bonchev–Trinajstić information content (AvgIpc) is 2.57. The summed E-state index contributed by atoms with van der Waals surface area (Å²) in [7, 11) is 0. The maximum Gasteiger partial charge on any atom is 0.224 e. The highest BCUT2D eigenvalue weighted by atomic mass is 16.2. The SMILES string of the molecule is CCC(=O)Nc1ccc(NC(=O)CC(C)C2CCCNC2)cc1. The van der Waals surface area contributed by atoms with Gasteiger partial charge < -0.3 is 16.0 Å². The first-order valence-electron chi connectivity index (χ1n) is 8.49. The summed E-state index contributed by atoms with van der Waals surface area (Å²) in [5.74, 6) is 0.997. The fourth-order valence-corrected chi connectivity index (χ4v) is 2.92. The maximum atomic E-state index is 12.2. The van der Waals surface area contributed by atoms with Gasteiger partial charge in [0.1, 0.15) is 0 Å². The molecule has 1 aromatic carbocycles. The normalized spacial score (nSPS) is 19.0. The van der Waals surface area contributed by atoms with Gasteiger partial charge in [0.15, 0.2) is 0 Å². The van der Waals surface area contributed by atoms with Gasteiger partial charge in [-0.25, -0.2) is 0 Å². The predicted molar refractivity (Wildman–Crippen MR) is 93.4 cm³/mol. The van der Waals surface area contributed by atoms with Gasteiger partial charge in [-0.05, 0) is 62.0 Å². The van der Waals surface area contributed by atoms with Gasteiger partial charge in [0, 0.05) is 24.2 Å². The van der Waals surface area contributed by atoms with Crippen LogP contribution in [0.1, 0.15) is 39.5 Å². The Labute approximate surface area is 138 Å². The lowest BCUT2D eigenvalue weighted by atomic mass is 9.85. The molecule has 1 aliphatic rings. The van der Waals surface area contributed by atoms with Gasteiger partial charge in [-0.3, -0.25) is 9.59 Å². The molecule has 2 unspecified atom stereocenters. The highest BCUT2D eigenvalue weighted by Crippen LogP contribution is 2.23. The Morgan fingerprint density at radius 1 is 1.17 bits per heavy atom. The minimum Gasteiger partial charge on any atom is -0.326 e. The van der Waals surface area contributed by atoms with Crippen LogP contribution in [0.3, 0.4) is 0 Å². The molecule has 2 rings (SSSR count). The molecule has 0 aliphatic carbocycles. The summed E-state index contributed by atoms with van der Waals surface area (Å²) < 4.78 is 0. The minimum absolute atomic E-state index is 0.0169. The Bertz CT molecular complexity index is 522. The fraction of sp³-hybridized carbons (Fsp3) is 0.556. The molecular formula is C18H27N3O2. The number of amides is 2. The number of hydrogen-bond acceptors (Lipinski definition) is 3. The number of anilines is 2. The molecule has 1 heterocycles. The molecule has 1 fully saturated rings. The fourth-order valence-electron chi connectivity index (χ4n) is 2.92. The van der Waals surface area contributed by atoms with E-state index in [1.54, 1.807) is 12.1 Å². The van der Waals surface area contributed by atoms with Crippen LogP contribution in [0.15, 0.2) is 24.3 Å². The van der Waals surface area contributed by atoms with E-state index in [9.17, 15) is 9.59 Å². The summed E-state index contributed by atoms with van der Waals surface area (Å²) in [6.07, 6.45) is 3.39. The van der Waals surface area contributed by atoms with Gasteiger partial charge in [-0.15, -0.1) is 0 Å². The summed E-state index contributed by atoms with van der Waals surface area (Å²) in [5, 5.41) is 9.12. The molecule has 0 bridgehead atoms. The monoisotopic (exact) mass is 317 g/mol. The van der Waals surface area contributed by atoms with Crippen molar-refractivity contribution in [1.82, 2.24) is 5.32 Å². The van der Waals surface area contributed by atoms with Crippen LogP contribution >= 0.6 is 0 Å². The molecule has 126 valence electrons. The van der Waals surface area contributed by atoms with Crippen LogP contribution < -0.4 is 16.0 Å². The van der Waals surface area contributed by atoms with E-state index in [-0.39, 0.29) is 11.8 Å². The molecule has 0 radical (unpaired) electrons. The zero-order chi connectivity index (χ0) is 16.7. The number of piperidine rings is 1. The topological polar surface area (TPSA) is 70.2 Å². The summed E-state index contributed by atoms with van der Waals surface area (Å²) >= 11 is 0. The second-order valence-corrected chi connectivity index (χ2v) is 6.32. The van der Waals surface area contributed by atoms with E-state index in [0.717, 1.165) is 24.5 Å². The number of rotatable bonds is 6. The molecule has 3 N–H and O–H groups in total. The van der Waals surface area contributed by atoms with Crippen molar-refractivity contribution in [2.45, 2.75) is 39.5 Å². The van der Waals surface area contributed by atoms with Crippen LogP contribution in [0.25, 0.3) is 0 Å². The Hall–Kier alpha value is -1.88. The predicted octanol–water partition coefficient (Wildman–Crippen LogP) is 3.00. The van der Waals surface area contributed by atoms with Crippen LogP contribution in [0.4, 0.5) is 11.4 Å². The summed E-state index contributed by atoms with van der Waals surface area (Å²) in [5.41, 5.74) is 1.51. The van der Waals surface area contributed by atoms with Crippen molar-refractivity contribution in [3.63, 3.8) is 0 Å². The Morgan fingerprint density at radius 3 is 2.30 bits per heavy atom. The molecule has 0 spiro atoms. The summed E-state index contributed by atoms with van der Waals surface area (Å²) in [6, 6.07) is 7.24. The van der Waals surface area contributed by atoms with E-state index in [1.165, 1.54) is 12.8 Å². The van der Waals surface area contributed by atoms with Crippen LogP contribution in [0, 0.1) is 11.8 Å². The van der Waals surface area contributed by atoms with Crippen molar-refractivity contribution in [3.05, 3.63) is 24.3 Å². The first kappa shape index (κ1) is 17.5. The van der Waals surface area contributed by atoms with Crippen LogP contribution in [0.2, 0.25) is 0 Å². The highest BCUT2D eigenvalue weighted by Gasteiger charge is 2.21. The molecule has 2 amide bonds. The second-order valence-electron chi connectivity index (χ2n) is 6.32. The Morgan fingerprint density at radius 2 is 1.78 bits per heavy atom. The van der Waals surface area contributed by atoms with E-state index in [1.807, 2.05) is 19.1 Å². The third-order valence-corrected chi connectivity index (χ3v) is 4.42. The molecule has 1 aromatic rings. The molecule has 5 heteroatoms. The maximum absolute atomic E-state index is 12.2. The minimum atomic E-state index is -0.0169. The van der Waals surface area contributed by atoms with E-state index in [2.05, 4.69) is 22.9 Å². The average molecular weight is 317 g/mol. The van der Waals surface area contributed by atoms with E-state index < -0.39 is 0 Å². The lowest BCUT2D eigenvalue weighted by Crippen LogP contribution is -2.34. The summed E-state index contributed by atoms with van der Waals surface area (Å²) in [4.78, 5) is 23.5. The molecule has 5 nitrogen and oxygen atoms in total. The summed E-state index contributed by atoms with van der Waals surface area (Å²) in [6.45, 7) is 6.07. The first-order chi connectivity index (χ1) is 11.1. The third kappa shape index (κ3) is 5.67. The van der Waals surface area contributed by atoms with Gasteiger partial charge in [0.05, 0.1) is 0 Å². The van der Waals surface area contributed by atoms with Crippen molar-refractivity contribution in [2.24, 2.45) is 11.8 Å². The Balaban J connectivity index is 1.81. The number of carbonyl (C=O) groups excluding carboxylic acids is 2. The van der Waals surface area contributed by atoms with Crippen molar-refractivity contribution in [3.8, 4) is 0 Å². The largest absolute Gasteiger partial charge is 0.326 e. The Kier molecular flexibility index (Phi) is 6.59. The van der Waals surface area contributed by atoms with Gasteiger partial charge in [0.25, 0.3) is 0 Å². The number of hydrogen-bond donors (Lipinski definition) is 3. The lowest BCUT2D eigenvalue weighted by molar-refractivity contribution is -0.117. The zero-order valence-electron chi connectivity index (χ0n) is 14.0. The quantitative estimate of drug-likeness (QED) is 0.755. The molecule has 23 heavy (non-hydrogen) atoms. The second kappa shape index (κ2) is 8.67. The molecule has 1 saturated heterocycles. The molecular weight excluding hydrogens is 290 g/mol. The van der Waals surface area contributed by atoms with Crippen LogP contribution in [-0.4, -0.2) is 24.9 Å². The van der Waals surface area contributed by atoms with E-state index in [4.69, 9.17) is 0 Å². The molecule has 0 saturated carbocycles. The van der Waals surface area contributed by atoms with Gasteiger partial charge >= 0.3 is 0 Å². The van der Waals surface area contributed by atoms with Crippen molar-refractivity contribution >= 4 is 23.2 Å². The first-order valence-corrected chi connectivity index (χ1v) is 8.49. The van der Waals surface area contributed by atoms with Crippen molar-refractivity contribution in [2.75, 3.05) is 23.7 Å². The molecule has 2 atom stereocenters. The zero-order valence-corrected chi connectivity index (χ0v) is 14.0.